The van der Waals surface area contributed by atoms with Gasteiger partial charge in [-0.2, -0.15) is 0 Å². The van der Waals surface area contributed by atoms with E-state index < -0.39 is 28.5 Å². The van der Waals surface area contributed by atoms with Crippen molar-refractivity contribution in [1.82, 2.24) is 10.2 Å². The Morgan fingerprint density at radius 3 is 2.07 bits per heavy atom. The van der Waals surface area contributed by atoms with Crippen LogP contribution in [0.1, 0.15) is 55.2 Å². The highest BCUT2D eigenvalue weighted by Gasteiger charge is 2.51. The first-order valence-corrected chi connectivity index (χ1v) is 18.6. The summed E-state index contributed by atoms with van der Waals surface area (Å²) in [6, 6.07) is 21.3. The van der Waals surface area contributed by atoms with Crippen LogP contribution in [0, 0.1) is 17.8 Å². The van der Waals surface area contributed by atoms with Crippen LogP contribution >= 0.6 is 23.2 Å². The molecule has 1 atom stereocenters. The summed E-state index contributed by atoms with van der Waals surface area (Å²) >= 11 is 12.7. The zero-order valence-electron chi connectivity index (χ0n) is 26.3. The third kappa shape index (κ3) is 6.95. The van der Waals surface area contributed by atoms with Gasteiger partial charge in [0, 0.05) is 30.1 Å². The lowest BCUT2D eigenvalue weighted by Gasteiger charge is -2.57. The molecule has 3 aromatic rings. The van der Waals surface area contributed by atoms with E-state index in [4.69, 9.17) is 23.2 Å². The van der Waals surface area contributed by atoms with Crippen molar-refractivity contribution in [2.75, 3.05) is 24.2 Å². The highest BCUT2D eigenvalue weighted by Crippen LogP contribution is 2.60. The van der Waals surface area contributed by atoms with E-state index in [0.717, 1.165) is 33.9 Å². The quantitative estimate of drug-likeness (QED) is 0.247. The maximum atomic E-state index is 14.3. The Bertz CT molecular complexity index is 1660. The topological polar surface area (TPSA) is 86.8 Å². The van der Waals surface area contributed by atoms with E-state index in [0.29, 0.717) is 21.3 Å². The van der Waals surface area contributed by atoms with Gasteiger partial charge in [-0.25, -0.2) is 8.42 Å². The van der Waals surface area contributed by atoms with Crippen molar-refractivity contribution in [1.29, 1.82) is 0 Å². The minimum atomic E-state index is -3.86. The molecule has 0 heterocycles. The minimum Gasteiger partial charge on any atom is -0.357 e. The van der Waals surface area contributed by atoms with Crippen molar-refractivity contribution in [3.8, 4) is 0 Å². The number of hydrogen-bond donors (Lipinski definition) is 1. The smallest absolute Gasteiger partial charge is 0.244 e. The summed E-state index contributed by atoms with van der Waals surface area (Å²) in [5.74, 6) is 1.49. The van der Waals surface area contributed by atoms with Crippen LogP contribution in [-0.4, -0.2) is 51.0 Å². The first kappa shape index (κ1) is 32.9. The third-order valence-corrected chi connectivity index (χ3v) is 12.1. The summed E-state index contributed by atoms with van der Waals surface area (Å²) in [4.78, 5) is 29.0. The molecule has 7 nitrogen and oxygen atoms in total. The molecule has 0 unspecified atom stereocenters. The molecular weight excluding hydrogens is 641 g/mol. The molecule has 0 radical (unpaired) electrons. The number of amides is 2. The number of benzene rings is 3. The largest absolute Gasteiger partial charge is 0.357 e. The molecule has 7 rings (SSSR count). The average molecular weight is 683 g/mol. The van der Waals surface area contributed by atoms with Gasteiger partial charge in [-0.15, -0.1) is 0 Å². The highest BCUT2D eigenvalue weighted by molar-refractivity contribution is 7.92. The number of sulfonamides is 1. The fourth-order valence-corrected chi connectivity index (χ4v) is 9.93. The van der Waals surface area contributed by atoms with Crippen molar-refractivity contribution >= 4 is 50.7 Å². The van der Waals surface area contributed by atoms with Crippen molar-refractivity contribution in [3.63, 3.8) is 0 Å². The predicted molar refractivity (Wildman–Crippen MR) is 183 cm³/mol. The number of hydrogen-bond acceptors (Lipinski definition) is 4. The van der Waals surface area contributed by atoms with Gasteiger partial charge < -0.3 is 10.2 Å². The molecule has 46 heavy (non-hydrogen) atoms. The summed E-state index contributed by atoms with van der Waals surface area (Å²) in [6.45, 7) is -0.481. The standard InChI is InChI=1S/C36H41Cl2N3O4S/c1-39-35(43)33(17-24-6-4-3-5-7-24)40(22-28-8-11-30(37)18-32(28)38)34(42)23-41(46(2,44)45)31-12-9-29(10-13-31)36-19-25-14-26(20-36)16-27(15-25)21-36/h3-13,18,25-27,33H,14-17,19-23H2,1-2H3,(H,39,43)/t25?,26?,27?,33-,36?/m1/s1. The van der Waals surface area contributed by atoms with Gasteiger partial charge in [-0.1, -0.05) is 71.7 Å². The van der Waals surface area contributed by atoms with Gasteiger partial charge in [0.1, 0.15) is 12.6 Å². The van der Waals surface area contributed by atoms with E-state index in [9.17, 15) is 18.0 Å². The van der Waals surface area contributed by atoms with Gasteiger partial charge in [0.2, 0.25) is 21.8 Å². The Balaban J connectivity index is 1.30. The second kappa shape index (κ2) is 13.2. The SMILES string of the molecule is CNC(=O)[C@@H](Cc1ccccc1)N(Cc1ccc(Cl)cc1Cl)C(=O)CN(c1ccc(C23CC4CC(CC(C4)C2)C3)cc1)S(C)(=O)=O. The number of carbonyl (C=O) groups excluding carboxylic acids is 2. The fourth-order valence-electron chi connectivity index (χ4n) is 8.61. The molecule has 0 spiro atoms. The van der Waals surface area contributed by atoms with E-state index in [1.165, 1.54) is 56.0 Å². The van der Waals surface area contributed by atoms with E-state index in [1.54, 1.807) is 18.2 Å². The number of carbonyl (C=O) groups is 2. The number of nitrogens with one attached hydrogen (secondary N) is 1. The number of nitrogens with zero attached hydrogens (tertiary/aromatic N) is 2. The Labute approximate surface area is 282 Å². The van der Waals surface area contributed by atoms with E-state index in [2.05, 4.69) is 17.4 Å². The van der Waals surface area contributed by atoms with E-state index in [1.807, 2.05) is 42.5 Å². The van der Waals surface area contributed by atoms with Crippen LogP contribution in [0.5, 0.6) is 0 Å². The average Bonchev–Trinajstić information content (AvgIpc) is 3.01. The molecule has 3 aromatic carbocycles. The molecule has 0 aliphatic heterocycles. The summed E-state index contributed by atoms with van der Waals surface area (Å²) in [5, 5.41) is 3.48. The van der Waals surface area contributed by atoms with Crippen LogP contribution in [-0.2, 0) is 38.0 Å². The zero-order chi connectivity index (χ0) is 32.6. The summed E-state index contributed by atoms with van der Waals surface area (Å²) < 4.78 is 27.6. The van der Waals surface area contributed by atoms with Gasteiger partial charge in [-0.3, -0.25) is 13.9 Å². The van der Waals surface area contributed by atoms with Crippen LogP contribution in [0.4, 0.5) is 5.69 Å². The number of rotatable bonds is 11. The Hall–Kier alpha value is -3.07. The second-order valence-corrected chi connectivity index (χ2v) is 16.3. The number of halogens is 2. The van der Waals surface area contributed by atoms with Crippen molar-refractivity contribution in [3.05, 3.63) is 99.5 Å². The van der Waals surface area contributed by atoms with Crippen LogP contribution < -0.4 is 9.62 Å². The van der Waals surface area contributed by atoms with Crippen LogP contribution in [0.2, 0.25) is 10.0 Å². The van der Waals surface area contributed by atoms with Crippen LogP contribution in [0.25, 0.3) is 0 Å². The lowest BCUT2D eigenvalue weighted by Crippen LogP contribution is -2.53. The molecule has 4 saturated carbocycles. The Morgan fingerprint density at radius 1 is 0.913 bits per heavy atom. The van der Waals surface area contributed by atoms with Gasteiger partial charge in [0.25, 0.3) is 0 Å². The molecule has 0 saturated heterocycles. The van der Waals surface area contributed by atoms with Crippen molar-refractivity contribution in [2.45, 2.75) is 62.9 Å². The molecule has 244 valence electrons. The van der Waals surface area contributed by atoms with Gasteiger partial charge in [0.15, 0.2) is 0 Å². The maximum absolute atomic E-state index is 14.3. The fraction of sp³-hybridized carbons (Fsp3) is 0.444. The highest BCUT2D eigenvalue weighted by atomic mass is 35.5. The molecule has 0 aromatic heterocycles. The molecule has 4 aliphatic carbocycles. The normalized spacial score (nSPS) is 24.0. The summed E-state index contributed by atoms with van der Waals surface area (Å²) in [7, 11) is -2.34. The molecular formula is C36H41Cl2N3O4S. The number of anilines is 1. The van der Waals surface area contributed by atoms with Gasteiger partial charge >= 0.3 is 0 Å². The van der Waals surface area contributed by atoms with Crippen molar-refractivity contribution < 1.29 is 18.0 Å². The van der Waals surface area contributed by atoms with E-state index >= 15 is 0 Å². The summed E-state index contributed by atoms with van der Waals surface area (Å²) in [5.41, 5.74) is 3.32. The van der Waals surface area contributed by atoms with Crippen molar-refractivity contribution in [2.24, 2.45) is 17.8 Å². The molecule has 4 fully saturated rings. The monoisotopic (exact) mass is 681 g/mol. The third-order valence-electron chi connectivity index (χ3n) is 10.4. The molecule has 2 amide bonds. The molecule has 1 N–H and O–H groups in total. The first-order chi connectivity index (χ1) is 21.9. The van der Waals surface area contributed by atoms with E-state index in [-0.39, 0.29) is 24.3 Å². The van der Waals surface area contributed by atoms with Gasteiger partial charge in [-0.05, 0) is 103 Å². The minimum absolute atomic E-state index is 0.0116. The molecule has 4 aliphatic rings. The Morgan fingerprint density at radius 2 is 1.52 bits per heavy atom. The van der Waals surface area contributed by atoms with Crippen LogP contribution in [0.15, 0.2) is 72.8 Å². The Kier molecular flexibility index (Phi) is 9.43. The lowest BCUT2D eigenvalue weighted by atomic mass is 9.48. The lowest BCUT2D eigenvalue weighted by molar-refractivity contribution is -0.139. The molecule has 4 bridgehead atoms. The van der Waals surface area contributed by atoms with Gasteiger partial charge in [0.05, 0.1) is 11.9 Å². The number of likely N-dealkylation sites (N-methyl/N-ethyl adjacent to an activating group) is 1. The first-order valence-electron chi connectivity index (χ1n) is 16.0. The maximum Gasteiger partial charge on any atom is 0.244 e. The summed E-state index contributed by atoms with van der Waals surface area (Å²) in [6.07, 6.45) is 9.00. The predicted octanol–water partition coefficient (Wildman–Crippen LogP) is 6.61. The second-order valence-electron chi connectivity index (χ2n) is 13.6. The molecule has 10 heteroatoms. The van der Waals surface area contributed by atoms with Crippen LogP contribution in [0.3, 0.4) is 0 Å². The zero-order valence-corrected chi connectivity index (χ0v) is 28.6.